The molecular weight excluding hydrogens is 254 g/mol. The first kappa shape index (κ1) is 14.4. The van der Waals surface area contributed by atoms with E-state index in [1.54, 1.807) is 4.68 Å². The van der Waals surface area contributed by atoms with Gasteiger partial charge >= 0.3 is 0 Å². The molecule has 1 heterocycles. The van der Waals surface area contributed by atoms with Crippen molar-refractivity contribution >= 4 is 0 Å². The van der Waals surface area contributed by atoms with Gasteiger partial charge in [0.05, 0.1) is 12.3 Å². The molecule has 1 aromatic carbocycles. The zero-order valence-corrected chi connectivity index (χ0v) is 12.0. The minimum atomic E-state index is 0.419. The maximum absolute atomic E-state index is 5.92. The number of ether oxygens (including phenoxy) is 2. The molecule has 0 amide bonds. The number of nitrogens with zero attached hydrogens (tertiary/aromatic N) is 2. The summed E-state index contributed by atoms with van der Waals surface area (Å²) in [5.41, 5.74) is 7.60. The lowest BCUT2D eigenvalue weighted by atomic mass is 10.1. The Bertz CT molecular complexity index is 528. The summed E-state index contributed by atoms with van der Waals surface area (Å²) in [5.74, 6) is 1.53. The van der Waals surface area contributed by atoms with Crippen LogP contribution in [0, 0.1) is 0 Å². The quantitative estimate of drug-likeness (QED) is 0.838. The molecule has 0 aliphatic heterocycles. The molecular formula is C15H21N3O2. The number of aryl methyl sites for hydroxylation is 1. The van der Waals surface area contributed by atoms with Gasteiger partial charge in [-0.1, -0.05) is 12.1 Å². The van der Waals surface area contributed by atoms with Crippen molar-refractivity contribution in [1.29, 1.82) is 0 Å². The molecule has 0 radical (unpaired) electrons. The van der Waals surface area contributed by atoms with Crippen LogP contribution >= 0.6 is 0 Å². The van der Waals surface area contributed by atoms with Gasteiger partial charge in [-0.3, -0.25) is 4.68 Å². The van der Waals surface area contributed by atoms with E-state index in [4.69, 9.17) is 15.2 Å². The van der Waals surface area contributed by atoms with Crippen LogP contribution in [0.4, 0.5) is 0 Å². The molecule has 0 saturated carbocycles. The van der Waals surface area contributed by atoms with Gasteiger partial charge in [0.2, 0.25) is 0 Å². The van der Waals surface area contributed by atoms with Gasteiger partial charge in [0.25, 0.3) is 0 Å². The van der Waals surface area contributed by atoms with Crippen molar-refractivity contribution in [3.05, 3.63) is 41.7 Å². The van der Waals surface area contributed by atoms with Crippen LogP contribution in [-0.4, -0.2) is 22.9 Å². The van der Waals surface area contributed by atoms with E-state index < -0.39 is 0 Å². The molecule has 0 saturated heterocycles. The van der Waals surface area contributed by atoms with Gasteiger partial charge in [-0.25, -0.2) is 0 Å². The Balaban J connectivity index is 2.18. The highest BCUT2D eigenvalue weighted by atomic mass is 16.5. The zero-order chi connectivity index (χ0) is 14.4. The average Bonchev–Trinajstić information content (AvgIpc) is 2.84. The summed E-state index contributed by atoms with van der Waals surface area (Å²) in [4.78, 5) is 0. The highest BCUT2D eigenvalue weighted by molar-refractivity contribution is 5.46. The van der Waals surface area contributed by atoms with Crippen molar-refractivity contribution in [2.75, 3.05) is 13.2 Å². The van der Waals surface area contributed by atoms with Crippen molar-refractivity contribution in [1.82, 2.24) is 9.78 Å². The fourth-order valence-electron chi connectivity index (χ4n) is 2.03. The SMILES string of the molecule is CCOc1cccc(CCN)c1OCc1ccn(C)n1. The summed E-state index contributed by atoms with van der Waals surface area (Å²) in [6, 6.07) is 7.83. The third-order valence-corrected chi connectivity index (χ3v) is 2.91. The minimum absolute atomic E-state index is 0.419. The standard InChI is InChI=1S/C15H21N3O2/c1-3-19-14-6-4-5-12(7-9-16)15(14)20-11-13-8-10-18(2)17-13/h4-6,8,10H,3,7,9,11,16H2,1-2H3. The molecule has 0 unspecified atom stereocenters. The molecule has 108 valence electrons. The van der Waals surface area contributed by atoms with Crippen LogP contribution in [0.3, 0.4) is 0 Å². The van der Waals surface area contributed by atoms with E-state index in [0.29, 0.717) is 19.8 Å². The number of aromatic nitrogens is 2. The molecule has 0 aliphatic rings. The van der Waals surface area contributed by atoms with Gasteiger partial charge in [0.1, 0.15) is 6.61 Å². The van der Waals surface area contributed by atoms with Crippen LogP contribution in [0.5, 0.6) is 11.5 Å². The Kier molecular flexibility index (Phi) is 5.01. The zero-order valence-electron chi connectivity index (χ0n) is 12.0. The predicted molar refractivity (Wildman–Crippen MR) is 77.9 cm³/mol. The van der Waals surface area contributed by atoms with Crippen molar-refractivity contribution < 1.29 is 9.47 Å². The van der Waals surface area contributed by atoms with Gasteiger partial charge in [-0.15, -0.1) is 0 Å². The third kappa shape index (κ3) is 3.51. The molecule has 5 heteroatoms. The number of para-hydroxylation sites is 1. The van der Waals surface area contributed by atoms with Crippen LogP contribution in [-0.2, 0) is 20.1 Å². The maximum Gasteiger partial charge on any atom is 0.164 e. The van der Waals surface area contributed by atoms with Gasteiger partial charge < -0.3 is 15.2 Å². The Morgan fingerprint density at radius 2 is 2.10 bits per heavy atom. The number of hydrogen-bond acceptors (Lipinski definition) is 4. The molecule has 1 aromatic heterocycles. The normalized spacial score (nSPS) is 10.6. The van der Waals surface area contributed by atoms with Crippen LogP contribution in [0.1, 0.15) is 18.2 Å². The first-order valence-electron chi connectivity index (χ1n) is 6.80. The van der Waals surface area contributed by atoms with Crippen molar-refractivity contribution in [3.8, 4) is 11.5 Å². The maximum atomic E-state index is 5.92. The first-order chi connectivity index (χ1) is 9.74. The van der Waals surface area contributed by atoms with E-state index in [-0.39, 0.29) is 0 Å². The molecule has 5 nitrogen and oxygen atoms in total. The summed E-state index contributed by atoms with van der Waals surface area (Å²) >= 11 is 0. The van der Waals surface area contributed by atoms with Gasteiger partial charge in [0, 0.05) is 13.2 Å². The topological polar surface area (TPSA) is 62.3 Å². The van der Waals surface area contributed by atoms with E-state index in [2.05, 4.69) is 5.10 Å². The molecule has 2 N–H and O–H groups in total. The van der Waals surface area contributed by atoms with Gasteiger partial charge in [-0.05, 0) is 37.6 Å². The number of benzene rings is 1. The molecule has 2 aromatic rings. The lowest BCUT2D eigenvalue weighted by molar-refractivity contribution is 0.263. The second-order valence-electron chi connectivity index (χ2n) is 4.49. The molecule has 2 rings (SSSR count). The lowest BCUT2D eigenvalue weighted by Crippen LogP contribution is -2.07. The Morgan fingerprint density at radius 3 is 2.75 bits per heavy atom. The summed E-state index contributed by atoms with van der Waals surface area (Å²) in [6.45, 7) is 3.56. The second kappa shape index (κ2) is 6.96. The average molecular weight is 275 g/mol. The Labute approximate surface area is 119 Å². The van der Waals surface area contributed by atoms with E-state index in [1.165, 1.54) is 0 Å². The van der Waals surface area contributed by atoms with Crippen LogP contribution in [0.25, 0.3) is 0 Å². The van der Waals surface area contributed by atoms with Crippen LogP contribution in [0.15, 0.2) is 30.5 Å². The lowest BCUT2D eigenvalue weighted by Gasteiger charge is -2.15. The van der Waals surface area contributed by atoms with E-state index in [1.807, 2.05) is 44.4 Å². The first-order valence-corrected chi connectivity index (χ1v) is 6.80. The van der Waals surface area contributed by atoms with Crippen LogP contribution in [0.2, 0.25) is 0 Å². The number of hydrogen-bond donors (Lipinski definition) is 1. The molecule has 0 atom stereocenters. The van der Waals surface area contributed by atoms with Crippen molar-refractivity contribution in [2.45, 2.75) is 20.0 Å². The highest BCUT2D eigenvalue weighted by Gasteiger charge is 2.11. The highest BCUT2D eigenvalue weighted by Crippen LogP contribution is 2.32. The van der Waals surface area contributed by atoms with E-state index in [0.717, 1.165) is 29.2 Å². The second-order valence-corrected chi connectivity index (χ2v) is 4.49. The van der Waals surface area contributed by atoms with E-state index >= 15 is 0 Å². The molecule has 20 heavy (non-hydrogen) atoms. The van der Waals surface area contributed by atoms with Crippen LogP contribution < -0.4 is 15.2 Å². The van der Waals surface area contributed by atoms with E-state index in [9.17, 15) is 0 Å². The fourth-order valence-corrected chi connectivity index (χ4v) is 2.03. The summed E-state index contributed by atoms with van der Waals surface area (Å²) in [5, 5.41) is 4.30. The largest absolute Gasteiger partial charge is 0.490 e. The minimum Gasteiger partial charge on any atom is -0.490 e. The molecule has 0 spiro atoms. The number of nitrogens with two attached hydrogens (primary N) is 1. The van der Waals surface area contributed by atoms with Gasteiger partial charge in [0.15, 0.2) is 11.5 Å². The Hall–Kier alpha value is -2.01. The number of rotatable bonds is 7. The van der Waals surface area contributed by atoms with Crippen molar-refractivity contribution in [3.63, 3.8) is 0 Å². The summed E-state index contributed by atoms with van der Waals surface area (Å²) in [6.07, 6.45) is 2.66. The smallest absolute Gasteiger partial charge is 0.164 e. The summed E-state index contributed by atoms with van der Waals surface area (Å²) < 4.78 is 13.3. The van der Waals surface area contributed by atoms with Gasteiger partial charge in [-0.2, -0.15) is 5.10 Å². The predicted octanol–water partition coefficient (Wildman–Crippen LogP) is 1.90. The fraction of sp³-hybridized carbons (Fsp3) is 0.400. The monoisotopic (exact) mass is 275 g/mol. The summed E-state index contributed by atoms with van der Waals surface area (Å²) in [7, 11) is 1.89. The Morgan fingerprint density at radius 1 is 1.25 bits per heavy atom. The third-order valence-electron chi connectivity index (χ3n) is 2.91. The molecule has 0 aliphatic carbocycles. The molecule has 0 bridgehead atoms. The molecule has 0 fully saturated rings. The van der Waals surface area contributed by atoms with Crippen molar-refractivity contribution in [2.24, 2.45) is 12.8 Å².